The molecule has 0 aliphatic heterocycles. The zero-order chi connectivity index (χ0) is 17.2. The molecule has 0 bridgehead atoms. The smallest absolute Gasteiger partial charge is 0.415 e. The van der Waals surface area contributed by atoms with Gasteiger partial charge in [-0.2, -0.15) is 4.39 Å². The fourth-order valence-electron chi connectivity index (χ4n) is 1.78. The van der Waals surface area contributed by atoms with E-state index in [1.807, 2.05) is 0 Å². The molecule has 2 aromatic heterocycles. The maximum absolute atomic E-state index is 14.2. The molecule has 0 atom stereocenters. The Morgan fingerprint density at radius 1 is 1.35 bits per heavy atom. The highest BCUT2D eigenvalue weighted by Gasteiger charge is 2.27. The van der Waals surface area contributed by atoms with E-state index in [0.717, 1.165) is 22.4 Å². The van der Waals surface area contributed by atoms with Crippen molar-refractivity contribution < 1.29 is 18.3 Å². The van der Waals surface area contributed by atoms with Gasteiger partial charge in [0.15, 0.2) is 5.00 Å². The van der Waals surface area contributed by atoms with Gasteiger partial charge in [-0.25, -0.2) is 14.2 Å². The Balaban J connectivity index is 2.34. The highest BCUT2D eigenvalue weighted by atomic mass is 32.1. The monoisotopic (exact) mass is 341 g/mol. The van der Waals surface area contributed by atoms with Crippen LogP contribution < -0.4 is 4.90 Å². The number of ether oxygens (including phenoxy) is 1. The molecule has 2 rings (SSSR count). The van der Waals surface area contributed by atoms with Crippen LogP contribution in [0.15, 0.2) is 18.5 Å². The molecule has 0 fully saturated rings. The van der Waals surface area contributed by atoms with Crippen molar-refractivity contribution in [3.8, 4) is 10.6 Å². The van der Waals surface area contributed by atoms with E-state index in [-0.39, 0.29) is 16.6 Å². The van der Waals surface area contributed by atoms with Gasteiger partial charge in [-0.3, -0.25) is 9.88 Å². The second-order valence-electron chi connectivity index (χ2n) is 5.73. The van der Waals surface area contributed by atoms with Gasteiger partial charge >= 0.3 is 6.09 Å². The fraction of sp³-hybridized carbons (Fsp3) is 0.400. The van der Waals surface area contributed by atoms with Crippen LogP contribution in [0.3, 0.4) is 0 Å². The van der Waals surface area contributed by atoms with Gasteiger partial charge in [0.2, 0.25) is 5.95 Å². The summed E-state index contributed by atoms with van der Waals surface area (Å²) in [6, 6.07) is 1.21. The van der Waals surface area contributed by atoms with Gasteiger partial charge in [0.1, 0.15) is 16.4 Å². The highest BCUT2D eigenvalue weighted by Crippen LogP contribution is 2.34. The van der Waals surface area contributed by atoms with Crippen LogP contribution in [0.2, 0.25) is 0 Å². The van der Waals surface area contributed by atoms with E-state index >= 15 is 0 Å². The number of carbonyl (C=O) groups is 1. The second kappa shape index (κ2) is 6.57. The van der Waals surface area contributed by atoms with E-state index in [4.69, 9.17) is 4.74 Å². The number of anilines is 1. The molecule has 0 saturated heterocycles. The van der Waals surface area contributed by atoms with Crippen molar-refractivity contribution in [3.63, 3.8) is 0 Å². The standard InChI is InChI=1S/C15H17F2N3O2S/c1-5-20(14(21)22-15(2,3)4)13-11(17)19-12(23-13)9-6-10(16)8-18-7-9/h6-8H,5H2,1-4H3. The molecule has 0 unspecified atom stereocenters. The molecule has 5 nitrogen and oxygen atoms in total. The number of halogens is 2. The molecule has 1 amide bonds. The van der Waals surface area contributed by atoms with Crippen LogP contribution in [0.25, 0.3) is 10.6 Å². The first-order chi connectivity index (χ1) is 10.7. The fourth-order valence-corrected chi connectivity index (χ4v) is 2.77. The molecule has 0 saturated carbocycles. The summed E-state index contributed by atoms with van der Waals surface area (Å²) in [5.41, 5.74) is -0.346. The molecule has 124 valence electrons. The molecule has 23 heavy (non-hydrogen) atoms. The predicted molar refractivity (Wildman–Crippen MR) is 84.5 cm³/mol. The van der Waals surface area contributed by atoms with Crippen LogP contribution in [0, 0.1) is 11.8 Å². The molecule has 0 N–H and O–H groups in total. The van der Waals surface area contributed by atoms with Gasteiger partial charge < -0.3 is 4.74 Å². The number of amides is 1. The Kier molecular flexibility index (Phi) is 4.93. The van der Waals surface area contributed by atoms with Crippen LogP contribution in [0.5, 0.6) is 0 Å². The SMILES string of the molecule is CCN(C(=O)OC(C)(C)C)c1sc(-c2cncc(F)c2)nc1F. The number of hydrogen-bond donors (Lipinski definition) is 0. The molecule has 8 heteroatoms. The van der Waals surface area contributed by atoms with E-state index < -0.39 is 23.5 Å². The first kappa shape index (κ1) is 17.3. The third-order valence-corrected chi connectivity index (χ3v) is 3.80. The van der Waals surface area contributed by atoms with Crippen molar-refractivity contribution in [1.82, 2.24) is 9.97 Å². The number of thiazole rings is 1. The lowest BCUT2D eigenvalue weighted by Gasteiger charge is -2.25. The minimum Gasteiger partial charge on any atom is -0.443 e. The lowest BCUT2D eigenvalue weighted by molar-refractivity contribution is 0.0582. The maximum atomic E-state index is 14.2. The van der Waals surface area contributed by atoms with Crippen LogP contribution in [0.1, 0.15) is 27.7 Å². The highest BCUT2D eigenvalue weighted by molar-refractivity contribution is 7.19. The molecule has 0 radical (unpaired) electrons. The zero-order valence-corrected chi connectivity index (χ0v) is 14.1. The Morgan fingerprint density at radius 2 is 2.04 bits per heavy atom. The summed E-state index contributed by atoms with van der Waals surface area (Å²) >= 11 is 0.941. The summed E-state index contributed by atoms with van der Waals surface area (Å²) in [5.74, 6) is -1.35. The van der Waals surface area contributed by atoms with E-state index in [1.54, 1.807) is 27.7 Å². The van der Waals surface area contributed by atoms with Crippen LogP contribution in [-0.4, -0.2) is 28.2 Å². The zero-order valence-electron chi connectivity index (χ0n) is 13.3. The predicted octanol–water partition coefficient (Wildman–Crippen LogP) is 4.24. The quantitative estimate of drug-likeness (QED) is 0.838. The topological polar surface area (TPSA) is 55.3 Å². The van der Waals surface area contributed by atoms with Gasteiger partial charge in [-0.1, -0.05) is 11.3 Å². The van der Waals surface area contributed by atoms with Crippen molar-refractivity contribution in [1.29, 1.82) is 0 Å². The maximum Gasteiger partial charge on any atom is 0.415 e. The van der Waals surface area contributed by atoms with Crippen LogP contribution in [-0.2, 0) is 4.74 Å². The van der Waals surface area contributed by atoms with Crippen molar-refractivity contribution in [2.24, 2.45) is 0 Å². The first-order valence-electron chi connectivity index (χ1n) is 6.99. The Hall–Kier alpha value is -2.09. The molecule has 0 spiro atoms. The summed E-state index contributed by atoms with van der Waals surface area (Å²) in [6.07, 6.45) is 1.77. The first-order valence-corrected chi connectivity index (χ1v) is 7.80. The van der Waals surface area contributed by atoms with Crippen LogP contribution in [0.4, 0.5) is 18.6 Å². The number of carbonyl (C=O) groups excluding carboxylic acids is 1. The molecule has 0 aliphatic carbocycles. The van der Waals surface area contributed by atoms with Crippen LogP contribution >= 0.6 is 11.3 Å². The lowest BCUT2D eigenvalue weighted by atomic mass is 10.2. The Labute approximate surface area is 136 Å². The van der Waals surface area contributed by atoms with E-state index in [2.05, 4.69) is 9.97 Å². The van der Waals surface area contributed by atoms with E-state index in [0.29, 0.717) is 5.56 Å². The average Bonchev–Trinajstić information content (AvgIpc) is 2.80. The van der Waals surface area contributed by atoms with E-state index in [1.165, 1.54) is 12.3 Å². The summed E-state index contributed by atoms with van der Waals surface area (Å²) in [5, 5.41) is 0.271. The number of hydrogen-bond acceptors (Lipinski definition) is 5. The summed E-state index contributed by atoms with van der Waals surface area (Å²) in [7, 11) is 0. The van der Waals surface area contributed by atoms with Crippen molar-refractivity contribution in [2.75, 3.05) is 11.4 Å². The summed E-state index contributed by atoms with van der Waals surface area (Å²) in [6.45, 7) is 7.10. The normalized spacial score (nSPS) is 11.4. The second-order valence-corrected chi connectivity index (χ2v) is 6.71. The number of nitrogens with zero attached hydrogens (tertiary/aromatic N) is 3. The van der Waals surface area contributed by atoms with Gasteiger partial charge in [-0.05, 0) is 33.8 Å². The number of aromatic nitrogens is 2. The Morgan fingerprint density at radius 3 is 2.61 bits per heavy atom. The molecular formula is C15H17F2N3O2S. The molecular weight excluding hydrogens is 324 g/mol. The largest absolute Gasteiger partial charge is 0.443 e. The molecule has 0 aromatic carbocycles. The minimum atomic E-state index is -0.804. The van der Waals surface area contributed by atoms with Gasteiger partial charge in [-0.15, -0.1) is 0 Å². The summed E-state index contributed by atoms with van der Waals surface area (Å²) < 4.78 is 32.7. The molecule has 2 aromatic rings. The van der Waals surface area contributed by atoms with E-state index in [9.17, 15) is 13.6 Å². The third kappa shape index (κ3) is 4.22. The molecule has 2 heterocycles. The minimum absolute atomic E-state index is 0.0287. The van der Waals surface area contributed by atoms with Gasteiger partial charge in [0, 0.05) is 18.3 Å². The number of rotatable bonds is 3. The molecule has 0 aliphatic rings. The van der Waals surface area contributed by atoms with Crippen molar-refractivity contribution >= 4 is 22.4 Å². The van der Waals surface area contributed by atoms with Gasteiger partial charge in [0.25, 0.3) is 0 Å². The number of pyridine rings is 1. The van der Waals surface area contributed by atoms with Crippen molar-refractivity contribution in [3.05, 3.63) is 30.2 Å². The lowest BCUT2D eigenvalue weighted by Crippen LogP contribution is -2.36. The third-order valence-electron chi connectivity index (χ3n) is 2.70. The van der Waals surface area contributed by atoms with Crippen molar-refractivity contribution in [2.45, 2.75) is 33.3 Å². The van der Waals surface area contributed by atoms with Gasteiger partial charge in [0.05, 0.1) is 6.20 Å². The Bertz CT molecular complexity index is 713. The average molecular weight is 341 g/mol. The summed E-state index contributed by atoms with van der Waals surface area (Å²) in [4.78, 5) is 20.8.